The Balaban J connectivity index is 2.18. The van der Waals surface area contributed by atoms with Gasteiger partial charge in [-0.3, -0.25) is 14.5 Å². The molecule has 0 radical (unpaired) electrons. The summed E-state index contributed by atoms with van der Waals surface area (Å²) < 4.78 is 5.21. The maximum absolute atomic E-state index is 12.8. The normalized spacial score (nSPS) is 12.1. The number of hydrogen-bond acceptors (Lipinski definition) is 5. The van der Waals surface area contributed by atoms with Crippen LogP contribution in [0.5, 0.6) is 5.75 Å². The van der Waals surface area contributed by atoms with Gasteiger partial charge in [0, 0.05) is 30.9 Å². The van der Waals surface area contributed by atoms with Crippen LogP contribution in [-0.2, 0) is 11.3 Å². The number of nitrogens with zero attached hydrogens (tertiary/aromatic N) is 1. The smallest absolute Gasteiger partial charge is 0.320 e. The Bertz CT molecular complexity index is 883. The molecular formula is C25H35N3O4. The molecule has 7 nitrogen and oxygen atoms in total. The second-order valence-electron chi connectivity index (χ2n) is 7.99. The highest BCUT2D eigenvalue weighted by atomic mass is 16.5. The highest BCUT2D eigenvalue weighted by molar-refractivity contribution is 6.04. The van der Waals surface area contributed by atoms with Crippen LogP contribution < -0.4 is 15.8 Å². The van der Waals surface area contributed by atoms with Gasteiger partial charge in [0.25, 0.3) is 5.91 Å². The van der Waals surface area contributed by atoms with E-state index in [1.807, 2.05) is 24.3 Å². The molecule has 4 N–H and O–H groups in total. The maximum Gasteiger partial charge on any atom is 0.320 e. The molecular weight excluding hydrogens is 406 g/mol. The van der Waals surface area contributed by atoms with Gasteiger partial charge in [0.2, 0.25) is 0 Å². The third-order valence-corrected chi connectivity index (χ3v) is 5.74. The van der Waals surface area contributed by atoms with E-state index in [0.717, 1.165) is 30.6 Å². The SMILES string of the molecule is CCC(CC)CN(CCC(N)C(=O)O)Cc1ccccc1NC(=O)c1cccc(OC)c1. The minimum Gasteiger partial charge on any atom is -0.497 e. The van der Waals surface area contributed by atoms with Crippen LogP contribution >= 0.6 is 0 Å². The Kier molecular flexibility index (Phi) is 10.2. The number of benzene rings is 2. The minimum absolute atomic E-state index is 0.212. The molecule has 2 aromatic carbocycles. The number of methoxy groups -OCH3 is 1. The topological polar surface area (TPSA) is 105 Å². The number of amides is 1. The van der Waals surface area contributed by atoms with Gasteiger partial charge in [-0.1, -0.05) is 51.0 Å². The molecule has 7 heteroatoms. The van der Waals surface area contributed by atoms with Crippen molar-refractivity contribution in [2.45, 2.75) is 45.7 Å². The Morgan fingerprint density at radius 1 is 1.12 bits per heavy atom. The summed E-state index contributed by atoms with van der Waals surface area (Å²) in [5, 5.41) is 12.2. The zero-order valence-corrected chi connectivity index (χ0v) is 19.2. The van der Waals surface area contributed by atoms with Crippen molar-refractivity contribution in [2.24, 2.45) is 11.7 Å². The number of nitrogens with two attached hydrogens (primary N) is 1. The van der Waals surface area contributed by atoms with Crippen molar-refractivity contribution >= 4 is 17.6 Å². The Morgan fingerprint density at radius 3 is 2.50 bits per heavy atom. The predicted octanol–water partition coefficient (Wildman–Crippen LogP) is 3.99. The number of hydrogen-bond donors (Lipinski definition) is 3. The molecule has 0 saturated carbocycles. The van der Waals surface area contributed by atoms with Crippen LogP contribution in [0.25, 0.3) is 0 Å². The van der Waals surface area contributed by atoms with Gasteiger partial charge in [-0.2, -0.15) is 0 Å². The van der Waals surface area contributed by atoms with E-state index in [4.69, 9.17) is 15.6 Å². The van der Waals surface area contributed by atoms with E-state index in [1.54, 1.807) is 31.4 Å². The standard InChI is InChI=1S/C25H35N3O4/c1-4-18(5-2)16-28(14-13-22(26)25(30)31)17-20-9-6-7-12-23(20)27-24(29)19-10-8-11-21(15-19)32-3/h6-12,15,18,22H,4-5,13-14,16-17,26H2,1-3H3,(H,27,29)(H,30,31). The van der Waals surface area contributed by atoms with Crippen LogP contribution in [0.2, 0.25) is 0 Å². The lowest BCUT2D eigenvalue weighted by Crippen LogP contribution is -2.37. The van der Waals surface area contributed by atoms with Gasteiger partial charge in [0.1, 0.15) is 11.8 Å². The summed E-state index contributed by atoms with van der Waals surface area (Å²) in [5.74, 6) is -0.0686. The number of nitrogens with one attached hydrogen (secondary N) is 1. The fourth-order valence-electron chi connectivity index (χ4n) is 3.57. The summed E-state index contributed by atoms with van der Waals surface area (Å²) in [5.41, 5.74) is 7.96. The summed E-state index contributed by atoms with van der Waals surface area (Å²) in [6.45, 7) is 6.34. The third kappa shape index (κ3) is 7.66. The Morgan fingerprint density at radius 2 is 1.84 bits per heavy atom. The predicted molar refractivity (Wildman–Crippen MR) is 127 cm³/mol. The molecule has 0 aliphatic rings. The van der Waals surface area contributed by atoms with E-state index in [1.165, 1.54) is 0 Å². The highest BCUT2D eigenvalue weighted by Gasteiger charge is 2.18. The van der Waals surface area contributed by atoms with Gasteiger partial charge < -0.3 is 20.9 Å². The number of anilines is 1. The molecule has 1 atom stereocenters. The molecule has 0 fully saturated rings. The minimum atomic E-state index is -0.988. The van der Waals surface area contributed by atoms with Gasteiger partial charge in [0.05, 0.1) is 7.11 Å². The lowest BCUT2D eigenvalue weighted by atomic mass is 10.0. The van der Waals surface area contributed by atoms with Gasteiger partial charge in [0.15, 0.2) is 0 Å². The van der Waals surface area contributed by atoms with E-state index < -0.39 is 12.0 Å². The highest BCUT2D eigenvalue weighted by Crippen LogP contribution is 2.21. The van der Waals surface area contributed by atoms with Gasteiger partial charge in [-0.25, -0.2) is 0 Å². The van der Waals surface area contributed by atoms with E-state index in [0.29, 0.717) is 36.7 Å². The lowest BCUT2D eigenvalue weighted by Gasteiger charge is -2.28. The fourth-order valence-corrected chi connectivity index (χ4v) is 3.57. The van der Waals surface area contributed by atoms with Crippen LogP contribution in [-0.4, -0.2) is 48.1 Å². The Hall–Kier alpha value is -2.90. The van der Waals surface area contributed by atoms with Crippen molar-refractivity contribution in [3.05, 3.63) is 59.7 Å². The van der Waals surface area contributed by atoms with Crippen molar-refractivity contribution in [2.75, 3.05) is 25.5 Å². The summed E-state index contributed by atoms with van der Waals surface area (Å²) in [6.07, 6.45) is 2.46. The summed E-state index contributed by atoms with van der Waals surface area (Å²) in [4.78, 5) is 26.2. The molecule has 0 bridgehead atoms. The molecule has 2 aromatic rings. The number of rotatable bonds is 13. The van der Waals surface area contributed by atoms with Gasteiger partial charge in [-0.15, -0.1) is 0 Å². The molecule has 0 spiro atoms. The number of para-hydroxylation sites is 1. The van der Waals surface area contributed by atoms with Crippen LogP contribution in [0.4, 0.5) is 5.69 Å². The first-order chi connectivity index (χ1) is 15.4. The number of carbonyl (C=O) groups excluding carboxylic acids is 1. The molecule has 0 saturated heterocycles. The van der Waals surface area contributed by atoms with Crippen LogP contribution in [0.1, 0.15) is 49.0 Å². The first kappa shape index (κ1) is 25.4. The summed E-state index contributed by atoms with van der Waals surface area (Å²) in [6, 6.07) is 13.8. The number of ether oxygens (including phenoxy) is 1. The van der Waals surface area contributed by atoms with E-state index in [9.17, 15) is 9.59 Å². The van der Waals surface area contributed by atoms with Crippen molar-refractivity contribution in [3.8, 4) is 5.75 Å². The lowest BCUT2D eigenvalue weighted by molar-refractivity contribution is -0.138. The molecule has 2 rings (SSSR count). The van der Waals surface area contributed by atoms with Gasteiger partial charge >= 0.3 is 5.97 Å². The molecule has 32 heavy (non-hydrogen) atoms. The van der Waals surface area contributed by atoms with E-state index in [-0.39, 0.29) is 5.91 Å². The molecule has 1 amide bonds. The molecule has 1 unspecified atom stereocenters. The first-order valence-corrected chi connectivity index (χ1v) is 11.1. The van der Waals surface area contributed by atoms with Crippen molar-refractivity contribution < 1.29 is 19.4 Å². The number of carbonyl (C=O) groups is 2. The van der Waals surface area contributed by atoms with E-state index >= 15 is 0 Å². The Labute approximate surface area is 190 Å². The largest absolute Gasteiger partial charge is 0.497 e. The number of aliphatic carboxylic acids is 1. The van der Waals surface area contributed by atoms with Crippen molar-refractivity contribution in [3.63, 3.8) is 0 Å². The molecule has 0 aliphatic heterocycles. The summed E-state index contributed by atoms with van der Waals surface area (Å²) >= 11 is 0. The molecule has 174 valence electrons. The quantitative estimate of drug-likeness (QED) is 0.434. The second-order valence-corrected chi connectivity index (χ2v) is 7.99. The average Bonchev–Trinajstić information content (AvgIpc) is 2.81. The fraction of sp³-hybridized carbons (Fsp3) is 0.440. The molecule has 0 aliphatic carbocycles. The summed E-state index contributed by atoms with van der Waals surface area (Å²) in [7, 11) is 1.57. The first-order valence-electron chi connectivity index (χ1n) is 11.1. The number of carboxylic acid groups (broad SMARTS) is 1. The van der Waals surface area contributed by atoms with Crippen LogP contribution in [0.15, 0.2) is 48.5 Å². The molecule has 0 heterocycles. The number of carboxylic acids is 1. The van der Waals surface area contributed by atoms with Crippen LogP contribution in [0, 0.1) is 5.92 Å². The average molecular weight is 442 g/mol. The zero-order valence-electron chi connectivity index (χ0n) is 19.2. The second kappa shape index (κ2) is 12.8. The maximum atomic E-state index is 12.8. The van der Waals surface area contributed by atoms with Crippen molar-refractivity contribution in [1.82, 2.24) is 4.90 Å². The monoisotopic (exact) mass is 441 g/mol. The van der Waals surface area contributed by atoms with Gasteiger partial charge in [-0.05, 0) is 42.2 Å². The van der Waals surface area contributed by atoms with Crippen LogP contribution in [0.3, 0.4) is 0 Å². The van der Waals surface area contributed by atoms with Crippen molar-refractivity contribution in [1.29, 1.82) is 0 Å². The van der Waals surface area contributed by atoms with E-state index in [2.05, 4.69) is 24.1 Å². The zero-order chi connectivity index (χ0) is 23.5. The molecule has 0 aromatic heterocycles. The third-order valence-electron chi connectivity index (χ3n) is 5.74.